The third-order valence-corrected chi connectivity index (χ3v) is 5.10. The van der Waals surface area contributed by atoms with Crippen molar-refractivity contribution < 1.29 is 4.79 Å². The number of carbonyl (C=O) groups excluding carboxylic acids is 1. The normalized spacial score (nSPS) is 24.1. The van der Waals surface area contributed by atoms with E-state index < -0.39 is 0 Å². The highest BCUT2D eigenvalue weighted by Gasteiger charge is 2.41. The van der Waals surface area contributed by atoms with Gasteiger partial charge >= 0.3 is 0 Å². The van der Waals surface area contributed by atoms with Gasteiger partial charge < -0.3 is 10.6 Å². The van der Waals surface area contributed by atoms with E-state index in [1.165, 1.54) is 5.56 Å². The molecule has 0 aromatic heterocycles. The fraction of sp³-hybridized carbons (Fsp3) is 0.588. The quantitative estimate of drug-likeness (QED) is 0.898. The SMILES string of the molecule is O=C(NC1CCNC1)C1(Cc2cccc(Cl)c2)CCCC1. The van der Waals surface area contributed by atoms with Crippen LogP contribution < -0.4 is 10.6 Å². The van der Waals surface area contributed by atoms with Gasteiger partial charge in [0, 0.05) is 17.6 Å². The Morgan fingerprint density at radius 2 is 2.19 bits per heavy atom. The Labute approximate surface area is 131 Å². The molecule has 1 heterocycles. The van der Waals surface area contributed by atoms with Gasteiger partial charge in [0.2, 0.25) is 5.91 Å². The first-order valence-corrected chi connectivity index (χ1v) is 8.32. The Morgan fingerprint density at radius 1 is 1.38 bits per heavy atom. The largest absolute Gasteiger partial charge is 0.352 e. The minimum Gasteiger partial charge on any atom is -0.352 e. The first-order valence-electron chi connectivity index (χ1n) is 7.94. The van der Waals surface area contributed by atoms with E-state index >= 15 is 0 Å². The number of carbonyl (C=O) groups is 1. The Kier molecular flexibility index (Phi) is 4.51. The van der Waals surface area contributed by atoms with Gasteiger partial charge in [-0.05, 0) is 49.9 Å². The van der Waals surface area contributed by atoms with Crippen molar-refractivity contribution in [1.82, 2.24) is 10.6 Å². The number of halogens is 1. The molecule has 4 heteroatoms. The molecule has 1 saturated carbocycles. The third-order valence-electron chi connectivity index (χ3n) is 4.87. The molecule has 1 aliphatic carbocycles. The van der Waals surface area contributed by atoms with Crippen molar-refractivity contribution in [2.75, 3.05) is 13.1 Å². The van der Waals surface area contributed by atoms with Gasteiger partial charge in [0.15, 0.2) is 0 Å². The summed E-state index contributed by atoms with van der Waals surface area (Å²) in [5.41, 5.74) is 0.942. The maximum absolute atomic E-state index is 12.8. The molecule has 2 aliphatic rings. The monoisotopic (exact) mass is 306 g/mol. The zero-order chi connectivity index (χ0) is 14.7. The standard InChI is InChI=1S/C17H23ClN2O/c18-14-5-3-4-13(10-14)11-17(7-1-2-8-17)16(21)20-15-6-9-19-12-15/h3-5,10,15,19H,1-2,6-9,11-12H2,(H,20,21). The van der Waals surface area contributed by atoms with Crippen LogP contribution in [0.3, 0.4) is 0 Å². The summed E-state index contributed by atoms with van der Waals surface area (Å²) in [4.78, 5) is 12.8. The molecule has 3 rings (SSSR count). The topological polar surface area (TPSA) is 41.1 Å². The second-order valence-electron chi connectivity index (χ2n) is 6.46. The summed E-state index contributed by atoms with van der Waals surface area (Å²) in [5.74, 6) is 0.244. The zero-order valence-electron chi connectivity index (χ0n) is 12.3. The second-order valence-corrected chi connectivity index (χ2v) is 6.89. The Balaban J connectivity index is 1.73. The van der Waals surface area contributed by atoms with Crippen molar-refractivity contribution >= 4 is 17.5 Å². The van der Waals surface area contributed by atoms with Crippen LogP contribution in [-0.4, -0.2) is 25.0 Å². The third kappa shape index (κ3) is 3.41. The van der Waals surface area contributed by atoms with Crippen LogP contribution in [0.5, 0.6) is 0 Å². The van der Waals surface area contributed by atoms with E-state index in [9.17, 15) is 4.79 Å². The van der Waals surface area contributed by atoms with Crippen molar-refractivity contribution in [2.24, 2.45) is 5.41 Å². The van der Waals surface area contributed by atoms with Crippen LogP contribution in [0.25, 0.3) is 0 Å². The van der Waals surface area contributed by atoms with Crippen LogP contribution >= 0.6 is 11.6 Å². The smallest absolute Gasteiger partial charge is 0.226 e. The fourth-order valence-electron chi connectivity index (χ4n) is 3.69. The molecule has 3 nitrogen and oxygen atoms in total. The molecular formula is C17H23ClN2O. The molecule has 1 unspecified atom stereocenters. The minimum absolute atomic E-state index is 0.229. The summed E-state index contributed by atoms with van der Waals surface area (Å²) in [6.07, 6.45) is 6.13. The molecule has 1 aromatic carbocycles. The first-order chi connectivity index (χ1) is 10.2. The number of nitrogens with one attached hydrogen (secondary N) is 2. The van der Waals surface area contributed by atoms with Crippen LogP contribution in [-0.2, 0) is 11.2 Å². The zero-order valence-corrected chi connectivity index (χ0v) is 13.1. The van der Waals surface area contributed by atoms with Crippen molar-refractivity contribution in [3.05, 3.63) is 34.9 Å². The first kappa shape index (κ1) is 14.9. The Morgan fingerprint density at radius 3 is 2.86 bits per heavy atom. The maximum atomic E-state index is 12.8. The van der Waals surface area contributed by atoms with Crippen molar-refractivity contribution in [3.8, 4) is 0 Å². The van der Waals surface area contributed by atoms with E-state index in [0.717, 1.165) is 56.6 Å². The molecule has 1 aliphatic heterocycles. The van der Waals surface area contributed by atoms with Gasteiger partial charge in [0.05, 0.1) is 5.41 Å². The lowest BCUT2D eigenvalue weighted by Gasteiger charge is -2.29. The Bertz CT molecular complexity index is 505. The lowest BCUT2D eigenvalue weighted by molar-refractivity contribution is -0.131. The summed E-state index contributed by atoms with van der Waals surface area (Å²) in [5, 5.41) is 7.32. The summed E-state index contributed by atoms with van der Waals surface area (Å²) in [7, 11) is 0. The van der Waals surface area contributed by atoms with Crippen LogP contribution in [0.4, 0.5) is 0 Å². The molecule has 114 valence electrons. The van der Waals surface area contributed by atoms with Crippen LogP contribution in [0.15, 0.2) is 24.3 Å². The highest BCUT2D eigenvalue weighted by molar-refractivity contribution is 6.30. The van der Waals surface area contributed by atoms with Crippen LogP contribution in [0.1, 0.15) is 37.7 Å². The minimum atomic E-state index is -0.229. The average molecular weight is 307 g/mol. The molecular weight excluding hydrogens is 284 g/mol. The predicted molar refractivity (Wildman–Crippen MR) is 85.5 cm³/mol. The lowest BCUT2D eigenvalue weighted by atomic mass is 9.79. The number of rotatable bonds is 4. The van der Waals surface area contributed by atoms with E-state index in [-0.39, 0.29) is 11.3 Å². The second kappa shape index (κ2) is 6.37. The van der Waals surface area contributed by atoms with Gasteiger partial charge in [-0.25, -0.2) is 0 Å². The van der Waals surface area contributed by atoms with Gasteiger partial charge in [0.1, 0.15) is 0 Å². The number of hydrogen-bond donors (Lipinski definition) is 2. The highest BCUT2D eigenvalue weighted by atomic mass is 35.5. The van der Waals surface area contributed by atoms with Crippen LogP contribution in [0, 0.1) is 5.41 Å². The van der Waals surface area contributed by atoms with Crippen molar-refractivity contribution in [2.45, 2.75) is 44.6 Å². The van der Waals surface area contributed by atoms with E-state index in [1.807, 2.05) is 18.2 Å². The van der Waals surface area contributed by atoms with E-state index in [1.54, 1.807) is 0 Å². The number of amides is 1. The molecule has 21 heavy (non-hydrogen) atoms. The molecule has 2 fully saturated rings. The van der Waals surface area contributed by atoms with Crippen molar-refractivity contribution in [1.29, 1.82) is 0 Å². The highest BCUT2D eigenvalue weighted by Crippen LogP contribution is 2.41. The Hall–Kier alpha value is -1.06. The molecule has 1 amide bonds. The van der Waals surface area contributed by atoms with Gasteiger partial charge in [-0.2, -0.15) is 0 Å². The molecule has 2 N–H and O–H groups in total. The molecule has 1 aromatic rings. The van der Waals surface area contributed by atoms with E-state index in [0.29, 0.717) is 6.04 Å². The summed E-state index contributed by atoms with van der Waals surface area (Å²) >= 11 is 6.08. The number of hydrogen-bond acceptors (Lipinski definition) is 2. The van der Waals surface area contributed by atoms with E-state index in [2.05, 4.69) is 16.7 Å². The van der Waals surface area contributed by atoms with E-state index in [4.69, 9.17) is 11.6 Å². The predicted octanol–water partition coefficient (Wildman–Crippen LogP) is 2.92. The maximum Gasteiger partial charge on any atom is 0.226 e. The van der Waals surface area contributed by atoms with Gasteiger partial charge in [0.25, 0.3) is 0 Å². The fourth-order valence-corrected chi connectivity index (χ4v) is 3.90. The lowest BCUT2D eigenvalue weighted by Crippen LogP contribution is -2.46. The van der Waals surface area contributed by atoms with Gasteiger partial charge in [-0.3, -0.25) is 4.79 Å². The molecule has 1 saturated heterocycles. The summed E-state index contributed by atoms with van der Waals surface area (Å²) < 4.78 is 0. The number of benzene rings is 1. The molecule has 1 atom stereocenters. The molecule has 0 spiro atoms. The molecule has 0 radical (unpaired) electrons. The summed E-state index contributed by atoms with van der Waals surface area (Å²) in [6, 6.07) is 8.23. The van der Waals surface area contributed by atoms with Crippen LogP contribution in [0.2, 0.25) is 5.02 Å². The summed E-state index contributed by atoms with van der Waals surface area (Å²) in [6.45, 7) is 1.91. The van der Waals surface area contributed by atoms with Crippen molar-refractivity contribution in [3.63, 3.8) is 0 Å². The van der Waals surface area contributed by atoms with Gasteiger partial charge in [-0.1, -0.05) is 36.6 Å². The molecule has 0 bridgehead atoms. The van der Waals surface area contributed by atoms with Gasteiger partial charge in [-0.15, -0.1) is 0 Å². The average Bonchev–Trinajstić information content (AvgIpc) is 3.11.